The minimum Gasteiger partial charge on any atom is -0.287 e. The van der Waals surface area contributed by atoms with Crippen molar-refractivity contribution >= 4 is 39.2 Å². The van der Waals surface area contributed by atoms with Crippen LogP contribution in [0.5, 0.6) is 5.75 Å². The van der Waals surface area contributed by atoms with Gasteiger partial charge in [0.15, 0.2) is 5.75 Å². The van der Waals surface area contributed by atoms with Gasteiger partial charge in [-0.2, -0.15) is 13.2 Å². The minimum atomic E-state index is -4.32. The SMILES string of the molecule is CCc1c(OOC(C)=O)ccc(SCCCc2sc3cc(C(F)(F)F)ccc3c2C)c1CC. The monoisotopic (exact) mass is 496 g/mol. The van der Waals surface area contributed by atoms with E-state index in [0.717, 1.165) is 58.9 Å². The van der Waals surface area contributed by atoms with E-state index in [1.807, 2.05) is 26.0 Å². The molecule has 1 heterocycles. The fraction of sp³-hybridized carbons (Fsp3) is 0.400. The Balaban J connectivity index is 1.67. The molecule has 0 radical (unpaired) electrons. The Kier molecular flexibility index (Phi) is 8.34. The summed E-state index contributed by atoms with van der Waals surface area (Å²) in [4.78, 5) is 23.3. The Hall–Kier alpha value is -2.19. The summed E-state index contributed by atoms with van der Waals surface area (Å²) in [6.07, 6.45) is -0.985. The van der Waals surface area contributed by atoms with E-state index in [0.29, 0.717) is 10.4 Å². The molecule has 0 atom stereocenters. The summed E-state index contributed by atoms with van der Waals surface area (Å²) in [5.74, 6) is 0.953. The maximum Gasteiger partial charge on any atom is 0.416 e. The van der Waals surface area contributed by atoms with Gasteiger partial charge in [-0.1, -0.05) is 19.9 Å². The smallest absolute Gasteiger partial charge is 0.287 e. The van der Waals surface area contributed by atoms with Crippen LogP contribution in [0.4, 0.5) is 13.2 Å². The molecule has 3 nitrogen and oxygen atoms in total. The van der Waals surface area contributed by atoms with Gasteiger partial charge in [-0.15, -0.1) is 23.1 Å². The second-order valence-corrected chi connectivity index (χ2v) is 9.97. The zero-order valence-corrected chi connectivity index (χ0v) is 20.7. The van der Waals surface area contributed by atoms with E-state index in [1.54, 1.807) is 17.8 Å². The van der Waals surface area contributed by atoms with Crippen molar-refractivity contribution in [3.63, 3.8) is 0 Å². The number of thiophene rings is 1. The van der Waals surface area contributed by atoms with E-state index in [1.165, 1.54) is 34.8 Å². The lowest BCUT2D eigenvalue weighted by atomic mass is 10.0. The number of hydrogen-bond donors (Lipinski definition) is 0. The van der Waals surface area contributed by atoms with Crippen molar-refractivity contribution in [2.45, 2.75) is 64.5 Å². The highest BCUT2D eigenvalue weighted by Crippen LogP contribution is 2.38. The Labute approximate surface area is 200 Å². The van der Waals surface area contributed by atoms with Crippen molar-refractivity contribution in [3.8, 4) is 5.75 Å². The maximum atomic E-state index is 13.0. The number of fused-ring (bicyclic) bond motifs is 1. The van der Waals surface area contributed by atoms with Gasteiger partial charge in [0.25, 0.3) is 0 Å². The standard InChI is InChI=1S/C25H27F3O3S2/c1-5-18-19(6-2)23(12-11-21(18)31-30-16(4)29)32-13-7-8-22-15(3)20-10-9-17(25(26,27)28)14-24(20)33-22/h9-12,14H,5-8,13H2,1-4H3. The molecule has 0 amide bonds. The molecule has 2 aromatic carbocycles. The zero-order valence-electron chi connectivity index (χ0n) is 19.1. The van der Waals surface area contributed by atoms with Crippen LogP contribution in [0.15, 0.2) is 35.2 Å². The average Bonchev–Trinajstić information content (AvgIpc) is 3.09. The van der Waals surface area contributed by atoms with Crippen LogP contribution >= 0.6 is 23.1 Å². The topological polar surface area (TPSA) is 35.5 Å². The van der Waals surface area contributed by atoms with Gasteiger partial charge in [-0.05, 0) is 79.1 Å². The van der Waals surface area contributed by atoms with Crippen molar-refractivity contribution in [2.24, 2.45) is 0 Å². The third kappa shape index (κ3) is 6.03. The molecule has 0 saturated carbocycles. The van der Waals surface area contributed by atoms with E-state index in [9.17, 15) is 18.0 Å². The van der Waals surface area contributed by atoms with Crippen LogP contribution in [-0.4, -0.2) is 11.7 Å². The van der Waals surface area contributed by atoms with Crippen molar-refractivity contribution < 1.29 is 27.7 Å². The van der Waals surface area contributed by atoms with Crippen molar-refractivity contribution in [1.29, 1.82) is 0 Å². The number of carbonyl (C=O) groups excluding carboxylic acids is 1. The average molecular weight is 497 g/mol. The van der Waals surface area contributed by atoms with Gasteiger partial charge < -0.3 is 0 Å². The Morgan fingerprint density at radius 1 is 1.09 bits per heavy atom. The first-order chi connectivity index (χ1) is 15.7. The van der Waals surface area contributed by atoms with Gasteiger partial charge in [-0.3, -0.25) is 9.78 Å². The summed E-state index contributed by atoms with van der Waals surface area (Å²) in [6.45, 7) is 7.41. The number of thioether (sulfide) groups is 1. The van der Waals surface area contributed by atoms with Gasteiger partial charge in [0, 0.05) is 27.0 Å². The van der Waals surface area contributed by atoms with Gasteiger partial charge in [0.2, 0.25) is 0 Å². The first-order valence-corrected chi connectivity index (χ1v) is 12.7. The molecule has 0 aliphatic carbocycles. The molecule has 0 fully saturated rings. The third-order valence-corrected chi connectivity index (χ3v) is 7.97. The highest BCUT2D eigenvalue weighted by Gasteiger charge is 2.30. The van der Waals surface area contributed by atoms with Crippen molar-refractivity contribution in [2.75, 3.05) is 5.75 Å². The predicted octanol–water partition coefficient (Wildman–Crippen LogP) is 7.94. The van der Waals surface area contributed by atoms with E-state index in [4.69, 9.17) is 9.78 Å². The molecule has 178 valence electrons. The number of halogens is 3. The van der Waals surface area contributed by atoms with Crippen LogP contribution in [0.1, 0.15) is 54.3 Å². The molecule has 0 saturated heterocycles. The lowest BCUT2D eigenvalue weighted by molar-refractivity contribution is -0.211. The van der Waals surface area contributed by atoms with E-state index >= 15 is 0 Å². The minimum absolute atomic E-state index is 0.500. The third-order valence-electron chi connectivity index (χ3n) is 5.47. The van der Waals surface area contributed by atoms with Crippen LogP contribution < -0.4 is 4.89 Å². The van der Waals surface area contributed by atoms with Gasteiger partial charge >= 0.3 is 12.1 Å². The molecule has 0 aliphatic rings. The molecule has 8 heteroatoms. The second-order valence-electron chi connectivity index (χ2n) is 7.70. The van der Waals surface area contributed by atoms with E-state index in [2.05, 4.69) is 6.92 Å². The van der Waals surface area contributed by atoms with Gasteiger partial charge in [-0.25, -0.2) is 4.79 Å². The number of benzene rings is 2. The molecule has 1 aromatic heterocycles. The zero-order chi connectivity index (χ0) is 24.2. The van der Waals surface area contributed by atoms with E-state index in [-0.39, 0.29) is 0 Å². The summed E-state index contributed by atoms with van der Waals surface area (Å²) in [5.41, 5.74) is 2.69. The van der Waals surface area contributed by atoms with Crippen molar-refractivity contribution in [1.82, 2.24) is 0 Å². The lowest BCUT2D eigenvalue weighted by Crippen LogP contribution is -2.06. The predicted molar refractivity (Wildman–Crippen MR) is 128 cm³/mol. The first kappa shape index (κ1) is 25.4. The molecular formula is C25H27F3O3S2. The Morgan fingerprint density at radius 3 is 2.45 bits per heavy atom. The number of rotatable bonds is 9. The van der Waals surface area contributed by atoms with Gasteiger partial charge in [0.1, 0.15) is 0 Å². The lowest BCUT2D eigenvalue weighted by Gasteiger charge is -2.15. The summed E-state index contributed by atoms with van der Waals surface area (Å²) in [7, 11) is 0. The molecule has 3 aromatic rings. The Bertz CT molecular complexity index is 1140. The van der Waals surface area contributed by atoms with E-state index < -0.39 is 17.7 Å². The molecule has 0 aliphatic heterocycles. The fourth-order valence-corrected chi connectivity index (χ4v) is 6.25. The first-order valence-electron chi connectivity index (χ1n) is 10.9. The van der Waals surface area contributed by atoms with Crippen LogP contribution in [0, 0.1) is 6.92 Å². The number of carbonyl (C=O) groups is 1. The summed E-state index contributed by atoms with van der Waals surface area (Å²) < 4.78 is 39.8. The van der Waals surface area contributed by atoms with Crippen LogP contribution in [0.2, 0.25) is 0 Å². The molecule has 0 unspecified atom stereocenters. The molecular weight excluding hydrogens is 469 g/mol. The highest BCUT2D eigenvalue weighted by atomic mass is 32.2. The normalized spacial score (nSPS) is 11.7. The fourth-order valence-electron chi connectivity index (χ4n) is 3.85. The molecule has 0 spiro atoms. The second kappa shape index (κ2) is 10.8. The molecule has 0 N–H and O–H groups in total. The molecule has 3 rings (SSSR count). The van der Waals surface area contributed by atoms with Crippen LogP contribution in [0.25, 0.3) is 10.1 Å². The summed E-state index contributed by atoms with van der Waals surface area (Å²) >= 11 is 3.22. The number of alkyl halides is 3. The summed E-state index contributed by atoms with van der Waals surface area (Å²) in [6, 6.07) is 7.82. The molecule has 0 bridgehead atoms. The maximum absolute atomic E-state index is 13.0. The number of aryl methyl sites for hydroxylation is 2. The van der Waals surface area contributed by atoms with Crippen LogP contribution in [-0.2, 0) is 35.1 Å². The van der Waals surface area contributed by atoms with Crippen LogP contribution in [0.3, 0.4) is 0 Å². The largest absolute Gasteiger partial charge is 0.416 e. The van der Waals surface area contributed by atoms with Crippen molar-refractivity contribution in [3.05, 3.63) is 57.5 Å². The highest BCUT2D eigenvalue weighted by molar-refractivity contribution is 7.99. The Morgan fingerprint density at radius 2 is 1.82 bits per heavy atom. The summed E-state index contributed by atoms with van der Waals surface area (Å²) in [5, 5.41) is 0.903. The number of hydrogen-bond acceptors (Lipinski definition) is 5. The van der Waals surface area contributed by atoms with Gasteiger partial charge in [0.05, 0.1) is 5.56 Å². The molecule has 33 heavy (non-hydrogen) atoms. The quantitative estimate of drug-likeness (QED) is 0.130.